The highest BCUT2D eigenvalue weighted by Crippen LogP contribution is 2.20. The summed E-state index contributed by atoms with van der Waals surface area (Å²) in [5.41, 5.74) is 7.22. The number of aromatic amines is 1. The van der Waals surface area contributed by atoms with Gasteiger partial charge in [0, 0.05) is 19.4 Å². The molecule has 0 unspecified atom stereocenters. The van der Waals surface area contributed by atoms with Gasteiger partial charge in [-0.25, -0.2) is 0 Å². The number of nitrogens with one attached hydrogen (secondary N) is 1. The van der Waals surface area contributed by atoms with Crippen molar-refractivity contribution < 1.29 is 4.79 Å². The van der Waals surface area contributed by atoms with Gasteiger partial charge in [-0.3, -0.25) is 14.9 Å². The van der Waals surface area contributed by atoms with E-state index >= 15 is 0 Å². The number of carbonyl (C=O) groups is 1. The number of carbonyl (C=O) groups excluding carboxylic acids is 1. The fourth-order valence-corrected chi connectivity index (χ4v) is 1.37. The molecule has 0 bridgehead atoms. The molecule has 2 aromatic rings. The molecule has 2 rings (SSSR count). The van der Waals surface area contributed by atoms with Crippen LogP contribution < -0.4 is 10.6 Å². The first-order valence-corrected chi connectivity index (χ1v) is 4.67. The molecule has 6 nitrogen and oxygen atoms in total. The van der Waals surface area contributed by atoms with Gasteiger partial charge < -0.3 is 10.6 Å². The minimum atomic E-state index is -0.199. The molecule has 16 heavy (non-hydrogen) atoms. The molecule has 2 aromatic heterocycles. The number of anilines is 2. The number of rotatable bonds is 2. The second-order valence-electron chi connectivity index (χ2n) is 3.27. The quantitative estimate of drug-likeness (QED) is 0.773. The number of nitrogen functional groups attached to an aromatic ring is 1. The van der Waals surface area contributed by atoms with Crippen LogP contribution in [0, 0.1) is 0 Å². The van der Waals surface area contributed by atoms with E-state index in [4.69, 9.17) is 5.73 Å². The molecule has 0 fully saturated rings. The van der Waals surface area contributed by atoms with E-state index in [1.807, 2.05) is 0 Å². The Morgan fingerprint density at radius 3 is 2.88 bits per heavy atom. The molecule has 0 radical (unpaired) electrons. The van der Waals surface area contributed by atoms with Gasteiger partial charge >= 0.3 is 0 Å². The zero-order valence-electron chi connectivity index (χ0n) is 8.71. The van der Waals surface area contributed by atoms with E-state index in [2.05, 4.69) is 15.2 Å². The number of hydrogen-bond donors (Lipinski definition) is 2. The number of H-pyrrole nitrogens is 1. The molecule has 0 atom stereocenters. The fourth-order valence-electron chi connectivity index (χ4n) is 1.37. The number of nitrogens with two attached hydrogens (primary N) is 1. The van der Waals surface area contributed by atoms with Crippen molar-refractivity contribution in [3.63, 3.8) is 0 Å². The lowest BCUT2D eigenvalue weighted by Gasteiger charge is -2.17. The second kappa shape index (κ2) is 4.01. The van der Waals surface area contributed by atoms with Crippen LogP contribution in [0.3, 0.4) is 0 Å². The van der Waals surface area contributed by atoms with Crippen LogP contribution in [-0.2, 0) is 0 Å². The average molecular weight is 217 g/mol. The van der Waals surface area contributed by atoms with Gasteiger partial charge in [-0.05, 0) is 12.1 Å². The maximum atomic E-state index is 11.9. The third-order valence-electron chi connectivity index (χ3n) is 2.22. The second-order valence-corrected chi connectivity index (χ2v) is 3.27. The van der Waals surface area contributed by atoms with E-state index in [9.17, 15) is 4.79 Å². The van der Waals surface area contributed by atoms with Crippen LogP contribution >= 0.6 is 0 Å². The third kappa shape index (κ3) is 1.72. The molecule has 6 heteroatoms. The van der Waals surface area contributed by atoms with Crippen LogP contribution in [0.2, 0.25) is 0 Å². The van der Waals surface area contributed by atoms with Gasteiger partial charge in [-0.2, -0.15) is 5.10 Å². The molecule has 0 aromatic carbocycles. The molecule has 82 valence electrons. The maximum absolute atomic E-state index is 11.9. The van der Waals surface area contributed by atoms with Crippen LogP contribution in [0.1, 0.15) is 10.5 Å². The molecule has 0 aliphatic rings. The Morgan fingerprint density at radius 1 is 1.44 bits per heavy atom. The van der Waals surface area contributed by atoms with Crippen LogP contribution in [0.5, 0.6) is 0 Å². The van der Waals surface area contributed by atoms with E-state index < -0.39 is 0 Å². The lowest BCUT2D eigenvalue weighted by atomic mass is 10.3. The summed E-state index contributed by atoms with van der Waals surface area (Å²) in [6, 6.07) is 3.29. The van der Waals surface area contributed by atoms with E-state index in [0.29, 0.717) is 17.1 Å². The van der Waals surface area contributed by atoms with Crippen molar-refractivity contribution in [3.8, 4) is 0 Å². The fraction of sp³-hybridized carbons (Fsp3) is 0.100. The van der Waals surface area contributed by atoms with Gasteiger partial charge in [-0.15, -0.1) is 0 Å². The number of hydrogen-bond acceptors (Lipinski definition) is 4. The monoisotopic (exact) mass is 217 g/mol. The minimum Gasteiger partial charge on any atom is -0.396 e. The van der Waals surface area contributed by atoms with Crippen molar-refractivity contribution >= 4 is 17.3 Å². The lowest BCUT2D eigenvalue weighted by molar-refractivity contribution is 0.0988. The lowest BCUT2D eigenvalue weighted by Crippen LogP contribution is -2.27. The summed E-state index contributed by atoms with van der Waals surface area (Å²) in [5.74, 6) is -0.199. The number of amides is 1. The molecule has 2 heterocycles. The van der Waals surface area contributed by atoms with Crippen molar-refractivity contribution in [3.05, 3.63) is 36.4 Å². The number of aromatic nitrogens is 3. The Morgan fingerprint density at radius 2 is 2.25 bits per heavy atom. The molecule has 0 saturated carbocycles. The summed E-state index contributed by atoms with van der Waals surface area (Å²) >= 11 is 0. The first-order valence-electron chi connectivity index (χ1n) is 4.67. The first kappa shape index (κ1) is 10.2. The Bertz CT molecular complexity index is 494. The van der Waals surface area contributed by atoms with Crippen LogP contribution in [-0.4, -0.2) is 28.1 Å². The van der Waals surface area contributed by atoms with Crippen LogP contribution in [0.25, 0.3) is 0 Å². The standard InChI is InChI=1S/C10H11N5O/c1-15(9-3-4-12-6-7(9)11)10(16)8-2-5-13-14-8/h2-6H,11H2,1H3,(H,13,14). The highest BCUT2D eigenvalue weighted by Gasteiger charge is 2.16. The zero-order valence-corrected chi connectivity index (χ0v) is 8.71. The third-order valence-corrected chi connectivity index (χ3v) is 2.22. The Kier molecular flexibility index (Phi) is 2.55. The largest absolute Gasteiger partial charge is 0.396 e. The Hall–Kier alpha value is -2.37. The smallest absolute Gasteiger partial charge is 0.276 e. The van der Waals surface area contributed by atoms with Crippen LogP contribution in [0.15, 0.2) is 30.7 Å². The van der Waals surface area contributed by atoms with Gasteiger partial charge in [0.2, 0.25) is 0 Å². The molecule has 0 aliphatic heterocycles. The van der Waals surface area contributed by atoms with Gasteiger partial charge in [-0.1, -0.05) is 0 Å². The highest BCUT2D eigenvalue weighted by atomic mass is 16.2. The topological polar surface area (TPSA) is 87.9 Å². The van der Waals surface area contributed by atoms with Gasteiger partial charge in [0.1, 0.15) is 5.69 Å². The van der Waals surface area contributed by atoms with Gasteiger partial charge in [0.15, 0.2) is 0 Å². The Balaban J connectivity index is 2.30. The average Bonchev–Trinajstić information content (AvgIpc) is 2.81. The predicted octanol–water partition coefficient (Wildman–Crippen LogP) is 0.663. The normalized spacial score (nSPS) is 10.1. The molecule has 3 N–H and O–H groups in total. The molecule has 0 aliphatic carbocycles. The summed E-state index contributed by atoms with van der Waals surface area (Å²) < 4.78 is 0. The Labute approximate surface area is 92.1 Å². The van der Waals surface area contributed by atoms with E-state index in [1.165, 1.54) is 17.3 Å². The van der Waals surface area contributed by atoms with E-state index in [1.54, 1.807) is 25.4 Å². The summed E-state index contributed by atoms with van der Waals surface area (Å²) in [6.07, 6.45) is 4.62. The molecule has 0 saturated heterocycles. The number of pyridine rings is 1. The number of nitrogens with zero attached hydrogens (tertiary/aromatic N) is 3. The van der Waals surface area contributed by atoms with Crippen molar-refractivity contribution in [2.45, 2.75) is 0 Å². The van der Waals surface area contributed by atoms with Gasteiger partial charge in [0.05, 0.1) is 17.6 Å². The highest BCUT2D eigenvalue weighted by molar-refractivity contribution is 6.05. The first-order chi connectivity index (χ1) is 7.70. The van der Waals surface area contributed by atoms with Crippen molar-refractivity contribution in [1.82, 2.24) is 15.2 Å². The summed E-state index contributed by atoms with van der Waals surface area (Å²) in [4.78, 5) is 17.3. The van der Waals surface area contributed by atoms with Crippen molar-refractivity contribution in [2.24, 2.45) is 0 Å². The maximum Gasteiger partial charge on any atom is 0.276 e. The summed E-state index contributed by atoms with van der Waals surface area (Å²) in [7, 11) is 1.65. The SMILES string of the molecule is CN(C(=O)c1ccn[nH]1)c1ccncc1N. The minimum absolute atomic E-state index is 0.199. The van der Waals surface area contributed by atoms with Gasteiger partial charge in [0.25, 0.3) is 5.91 Å². The van der Waals surface area contributed by atoms with Crippen LogP contribution in [0.4, 0.5) is 11.4 Å². The molecular weight excluding hydrogens is 206 g/mol. The van der Waals surface area contributed by atoms with E-state index in [-0.39, 0.29) is 5.91 Å². The molecule has 0 spiro atoms. The summed E-state index contributed by atoms with van der Waals surface area (Å²) in [6.45, 7) is 0. The predicted molar refractivity (Wildman–Crippen MR) is 60.0 cm³/mol. The van der Waals surface area contributed by atoms with E-state index in [0.717, 1.165) is 0 Å². The van der Waals surface area contributed by atoms with Crippen molar-refractivity contribution in [2.75, 3.05) is 17.7 Å². The molecule has 1 amide bonds. The zero-order chi connectivity index (χ0) is 11.5. The summed E-state index contributed by atoms with van der Waals surface area (Å²) in [5, 5.41) is 6.34. The van der Waals surface area contributed by atoms with Crippen molar-refractivity contribution in [1.29, 1.82) is 0 Å². The molecular formula is C10H11N5O.